The van der Waals surface area contributed by atoms with Crippen LogP contribution in [-0.4, -0.2) is 23.1 Å². The minimum absolute atomic E-state index is 0.0343. The van der Waals surface area contributed by atoms with Crippen LogP contribution in [0.3, 0.4) is 0 Å². The van der Waals surface area contributed by atoms with E-state index in [1.807, 2.05) is 18.2 Å². The SMILES string of the molecule is O=C(C=Cc1ccc([N+](=O)[O-])cc1)NCCSCc1ccccc1. The average molecular weight is 342 g/mol. The number of hydrogen-bond donors (Lipinski definition) is 1. The minimum Gasteiger partial charge on any atom is -0.352 e. The number of amides is 1. The van der Waals surface area contributed by atoms with Gasteiger partial charge in [0.05, 0.1) is 4.92 Å². The lowest BCUT2D eigenvalue weighted by Gasteiger charge is -2.03. The summed E-state index contributed by atoms with van der Waals surface area (Å²) in [7, 11) is 0. The maximum atomic E-state index is 11.7. The number of hydrogen-bond acceptors (Lipinski definition) is 4. The number of nitro groups is 1. The first-order valence-electron chi connectivity index (χ1n) is 7.47. The van der Waals surface area contributed by atoms with E-state index in [4.69, 9.17) is 0 Å². The Morgan fingerprint density at radius 3 is 2.50 bits per heavy atom. The van der Waals surface area contributed by atoms with E-state index in [0.29, 0.717) is 6.54 Å². The number of carbonyl (C=O) groups excluding carboxylic acids is 1. The summed E-state index contributed by atoms with van der Waals surface area (Å²) in [6, 6.07) is 16.2. The van der Waals surface area contributed by atoms with Crippen LogP contribution in [0.4, 0.5) is 5.69 Å². The Hall–Kier alpha value is -2.60. The molecule has 0 atom stereocenters. The molecule has 0 saturated heterocycles. The van der Waals surface area contributed by atoms with E-state index in [2.05, 4.69) is 17.4 Å². The number of thioether (sulfide) groups is 1. The Bertz CT molecular complexity index is 700. The second kappa shape index (κ2) is 9.52. The van der Waals surface area contributed by atoms with Gasteiger partial charge in [-0.05, 0) is 29.3 Å². The van der Waals surface area contributed by atoms with Gasteiger partial charge in [-0.25, -0.2) is 0 Å². The van der Waals surface area contributed by atoms with Crippen LogP contribution in [0.1, 0.15) is 11.1 Å². The van der Waals surface area contributed by atoms with Crippen molar-refractivity contribution in [2.45, 2.75) is 5.75 Å². The van der Waals surface area contributed by atoms with Crippen molar-refractivity contribution in [1.82, 2.24) is 5.32 Å². The number of non-ortho nitro benzene ring substituents is 1. The highest BCUT2D eigenvalue weighted by molar-refractivity contribution is 7.98. The predicted molar refractivity (Wildman–Crippen MR) is 97.7 cm³/mol. The Labute approximate surface area is 144 Å². The zero-order valence-electron chi connectivity index (χ0n) is 13.1. The molecule has 0 unspecified atom stereocenters. The molecule has 0 radical (unpaired) electrons. The summed E-state index contributed by atoms with van der Waals surface area (Å²) < 4.78 is 0. The van der Waals surface area contributed by atoms with Crippen LogP contribution in [0, 0.1) is 10.1 Å². The topological polar surface area (TPSA) is 72.2 Å². The zero-order chi connectivity index (χ0) is 17.2. The van der Waals surface area contributed by atoms with Gasteiger partial charge in [0, 0.05) is 36.3 Å². The smallest absolute Gasteiger partial charge is 0.269 e. The van der Waals surface area contributed by atoms with E-state index < -0.39 is 4.92 Å². The van der Waals surface area contributed by atoms with Crippen LogP contribution in [0.5, 0.6) is 0 Å². The van der Waals surface area contributed by atoms with Gasteiger partial charge in [-0.15, -0.1) is 0 Å². The largest absolute Gasteiger partial charge is 0.352 e. The number of carbonyl (C=O) groups is 1. The second-order valence-electron chi connectivity index (χ2n) is 5.01. The van der Waals surface area contributed by atoms with Crippen molar-refractivity contribution >= 4 is 29.4 Å². The third-order valence-electron chi connectivity index (χ3n) is 3.19. The maximum Gasteiger partial charge on any atom is 0.269 e. The van der Waals surface area contributed by atoms with Crippen LogP contribution in [0.2, 0.25) is 0 Å². The highest BCUT2D eigenvalue weighted by atomic mass is 32.2. The van der Waals surface area contributed by atoms with Crippen molar-refractivity contribution < 1.29 is 9.72 Å². The fraction of sp³-hybridized carbons (Fsp3) is 0.167. The van der Waals surface area contributed by atoms with Gasteiger partial charge in [-0.2, -0.15) is 11.8 Å². The molecule has 124 valence electrons. The lowest BCUT2D eigenvalue weighted by Crippen LogP contribution is -2.23. The summed E-state index contributed by atoms with van der Waals surface area (Å²) in [6.07, 6.45) is 3.07. The first kappa shape index (κ1) is 17.7. The molecule has 0 aliphatic heterocycles. The fourth-order valence-corrected chi connectivity index (χ4v) is 2.77. The van der Waals surface area contributed by atoms with Gasteiger partial charge in [-0.3, -0.25) is 14.9 Å². The summed E-state index contributed by atoms with van der Waals surface area (Å²) in [6.45, 7) is 0.598. The molecule has 1 N–H and O–H groups in total. The van der Waals surface area contributed by atoms with Crippen molar-refractivity contribution in [3.63, 3.8) is 0 Å². The Morgan fingerprint density at radius 2 is 1.83 bits per heavy atom. The number of rotatable bonds is 8. The first-order valence-corrected chi connectivity index (χ1v) is 8.62. The molecule has 0 saturated carbocycles. The molecule has 24 heavy (non-hydrogen) atoms. The van der Waals surface area contributed by atoms with Crippen molar-refractivity contribution in [2.75, 3.05) is 12.3 Å². The van der Waals surface area contributed by atoms with E-state index in [1.165, 1.54) is 23.8 Å². The monoisotopic (exact) mass is 342 g/mol. The summed E-state index contributed by atoms with van der Waals surface area (Å²) in [5, 5.41) is 13.4. The molecule has 0 aromatic heterocycles. The molecule has 0 bridgehead atoms. The molecule has 2 rings (SSSR count). The van der Waals surface area contributed by atoms with E-state index in [9.17, 15) is 14.9 Å². The van der Waals surface area contributed by atoms with Crippen LogP contribution in [0.25, 0.3) is 6.08 Å². The molecule has 0 aliphatic carbocycles. The van der Waals surface area contributed by atoms with Gasteiger partial charge in [0.25, 0.3) is 5.69 Å². The molecule has 6 heteroatoms. The van der Waals surface area contributed by atoms with E-state index in [1.54, 1.807) is 30.0 Å². The van der Waals surface area contributed by atoms with Crippen LogP contribution < -0.4 is 5.32 Å². The highest BCUT2D eigenvalue weighted by Gasteiger charge is 2.02. The standard InChI is InChI=1S/C18H18N2O3S/c21-18(11-8-15-6-9-17(10-7-15)20(22)23)19-12-13-24-14-16-4-2-1-3-5-16/h1-11H,12-14H2,(H,19,21). The maximum absolute atomic E-state index is 11.7. The molecule has 5 nitrogen and oxygen atoms in total. The minimum atomic E-state index is -0.451. The Balaban J connectivity index is 1.66. The van der Waals surface area contributed by atoms with Crippen molar-refractivity contribution in [1.29, 1.82) is 0 Å². The van der Waals surface area contributed by atoms with Crippen molar-refractivity contribution in [3.05, 3.63) is 81.9 Å². The summed E-state index contributed by atoms with van der Waals surface area (Å²) in [5.74, 6) is 1.59. The Morgan fingerprint density at radius 1 is 1.12 bits per heavy atom. The summed E-state index contributed by atoms with van der Waals surface area (Å²) >= 11 is 1.76. The fourth-order valence-electron chi connectivity index (χ4n) is 1.95. The third kappa shape index (κ3) is 6.26. The average Bonchev–Trinajstić information content (AvgIpc) is 2.61. The van der Waals surface area contributed by atoms with Crippen molar-refractivity contribution in [3.8, 4) is 0 Å². The number of benzene rings is 2. The Kier molecular flexibility index (Phi) is 7.04. The molecular formula is C18H18N2O3S. The van der Waals surface area contributed by atoms with Gasteiger partial charge >= 0.3 is 0 Å². The zero-order valence-corrected chi connectivity index (χ0v) is 13.9. The van der Waals surface area contributed by atoms with Gasteiger partial charge in [0.15, 0.2) is 0 Å². The van der Waals surface area contributed by atoms with Gasteiger partial charge in [-0.1, -0.05) is 30.3 Å². The van der Waals surface area contributed by atoms with Crippen LogP contribution >= 0.6 is 11.8 Å². The molecule has 1 amide bonds. The van der Waals surface area contributed by atoms with Crippen molar-refractivity contribution in [2.24, 2.45) is 0 Å². The first-order chi connectivity index (χ1) is 11.6. The molecule has 0 fully saturated rings. The lowest BCUT2D eigenvalue weighted by molar-refractivity contribution is -0.384. The van der Waals surface area contributed by atoms with Gasteiger partial charge in [0.1, 0.15) is 0 Å². The molecule has 2 aromatic carbocycles. The van der Waals surface area contributed by atoms with E-state index >= 15 is 0 Å². The van der Waals surface area contributed by atoms with Crippen LogP contribution in [0.15, 0.2) is 60.7 Å². The van der Waals surface area contributed by atoms with E-state index in [0.717, 1.165) is 17.1 Å². The second-order valence-corrected chi connectivity index (χ2v) is 6.12. The number of nitro benzene ring substituents is 1. The molecule has 0 aliphatic rings. The van der Waals surface area contributed by atoms with E-state index in [-0.39, 0.29) is 11.6 Å². The normalized spacial score (nSPS) is 10.7. The summed E-state index contributed by atoms with van der Waals surface area (Å²) in [4.78, 5) is 21.8. The quantitative estimate of drug-likeness (QED) is 0.344. The van der Waals surface area contributed by atoms with Gasteiger partial charge in [0.2, 0.25) is 5.91 Å². The van der Waals surface area contributed by atoms with Gasteiger partial charge < -0.3 is 5.32 Å². The number of nitrogens with zero attached hydrogens (tertiary/aromatic N) is 1. The molecule has 0 heterocycles. The highest BCUT2D eigenvalue weighted by Crippen LogP contribution is 2.13. The lowest BCUT2D eigenvalue weighted by atomic mass is 10.2. The third-order valence-corrected chi connectivity index (χ3v) is 4.22. The molecule has 2 aromatic rings. The summed E-state index contributed by atoms with van der Waals surface area (Å²) in [5.41, 5.74) is 2.05. The predicted octanol–water partition coefficient (Wildman–Crippen LogP) is 3.66. The molecule has 0 spiro atoms. The van der Waals surface area contributed by atoms with Crippen LogP contribution in [-0.2, 0) is 10.5 Å². The number of nitrogens with one attached hydrogen (secondary N) is 1. The molecular weight excluding hydrogens is 324 g/mol.